The minimum Gasteiger partial charge on any atom is -0.492 e. The molecule has 0 atom stereocenters. The van der Waals surface area contributed by atoms with Gasteiger partial charge in [-0.3, -0.25) is 0 Å². The van der Waals surface area contributed by atoms with Crippen molar-refractivity contribution in [3.05, 3.63) is 52.0 Å². The molecule has 5 N–H and O–H groups in total. The van der Waals surface area contributed by atoms with Crippen molar-refractivity contribution < 1.29 is 9.64 Å². The predicted molar refractivity (Wildman–Crippen MR) is 117 cm³/mol. The maximum atomic E-state index is 6.34. The third kappa shape index (κ3) is 4.50. The summed E-state index contributed by atoms with van der Waals surface area (Å²) in [5.74, 6) is 1.73. The molecular weight excluding hydrogens is 409 g/mol. The number of aromatic nitrogens is 2. The molecule has 0 unspecified atom stereocenters. The number of quaternary nitrogens is 1. The van der Waals surface area contributed by atoms with E-state index in [1.54, 1.807) is 0 Å². The third-order valence-corrected chi connectivity index (χ3v) is 6.35. The number of halogens is 2. The van der Waals surface area contributed by atoms with E-state index in [1.165, 1.54) is 4.90 Å². The van der Waals surface area contributed by atoms with Crippen molar-refractivity contribution in [1.82, 2.24) is 9.97 Å². The molecule has 0 saturated carbocycles. The number of hydrogen-bond donors (Lipinski definition) is 3. The van der Waals surface area contributed by atoms with Crippen molar-refractivity contribution in [1.29, 1.82) is 0 Å². The largest absolute Gasteiger partial charge is 0.492 e. The van der Waals surface area contributed by atoms with Gasteiger partial charge >= 0.3 is 0 Å². The lowest BCUT2D eigenvalue weighted by atomic mass is 9.97. The van der Waals surface area contributed by atoms with Gasteiger partial charge in [0.1, 0.15) is 18.1 Å². The molecule has 6 nitrogen and oxygen atoms in total. The minimum atomic E-state index is 0.169. The van der Waals surface area contributed by atoms with Crippen LogP contribution in [0.25, 0.3) is 10.9 Å². The summed E-state index contributed by atoms with van der Waals surface area (Å²) in [5.41, 5.74) is 13.5. The van der Waals surface area contributed by atoms with Crippen molar-refractivity contribution in [3.63, 3.8) is 0 Å². The van der Waals surface area contributed by atoms with Crippen LogP contribution in [0.5, 0.6) is 5.75 Å². The first-order chi connectivity index (χ1) is 14.0. The lowest BCUT2D eigenvalue weighted by Crippen LogP contribution is -3.11. The molecule has 0 bridgehead atoms. The average Bonchev–Trinajstić information content (AvgIpc) is 2.70. The third-order valence-electron chi connectivity index (χ3n) is 5.49. The quantitative estimate of drug-likeness (QED) is 0.576. The first-order valence-corrected chi connectivity index (χ1v) is 10.5. The molecule has 0 radical (unpaired) electrons. The van der Waals surface area contributed by atoms with Gasteiger partial charge in [-0.05, 0) is 18.2 Å². The summed E-state index contributed by atoms with van der Waals surface area (Å²) >= 11 is 12.5. The zero-order valence-corrected chi connectivity index (χ0v) is 17.5. The highest BCUT2D eigenvalue weighted by Gasteiger charge is 2.24. The Morgan fingerprint density at radius 2 is 1.79 bits per heavy atom. The van der Waals surface area contributed by atoms with Gasteiger partial charge in [0.2, 0.25) is 5.95 Å². The Balaban J connectivity index is 1.35. The second-order valence-corrected chi connectivity index (χ2v) is 8.30. The van der Waals surface area contributed by atoms with Gasteiger partial charge < -0.3 is 21.1 Å². The Morgan fingerprint density at radius 3 is 2.59 bits per heavy atom. The van der Waals surface area contributed by atoms with Crippen molar-refractivity contribution in [2.75, 3.05) is 31.2 Å². The first kappa shape index (κ1) is 20.0. The van der Waals surface area contributed by atoms with Crippen molar-refractivity contribution in [2.45, 2.75) is 19.4 Å². The molecular formula is C21H24Cl2N5O+. The Hall–Kier alpha value is -2.28. The summed E-state index contributed by atoms with van der Waals surface area (Å²) in [6.07, 6.45) is 2.19. The molecule has 29 heavy (non-hydrogen) atoms. The number of piperidine rings is 1. The molecule has 0 spiro atoms. The van der Waals surface area contributed by atoms with E-state index in [0.717, 1.165) is 43.4 Å². The highest BCUT2D eigenvalue weighted by Crippen LogP contribution is 2.30. The van der Waals surface area contributed by atoms with Crippen LogP contribution in [0, 0.1) is 5.92 Å². The SMILES string of the molecule is Nc1nc(N)c2c(OCC3CC[NH+](Cc4cccc(Cl)c4Cl)CC3)cccc2n1. The van der Waals surface area contributed by atoms with Gasteiger partial charge in [-0.25, -0.2) is 4.98 Å². The summed E-state index contributed by atoms with van der Waals surface area (Å²) in [7, 11) is 0. The van der Waals surface area contributed by atoms with Gasteiger partial charge in [0, 0.05) is 24.3 Å². The monoisotopic (exact) mass is 432 g/mol. The predicted octanol–water partition coefficient (Wildman–Crippen LogP) is 2.97. The molecule has 1 aliphatic rings. The second kappa shape index (κ2) is 8.61. The Kier molecular flexibility index (Phi) is 5.94. The fraction of sp³-hybridized carbons (Fsp3) is 0.333. The van der Waals surface area contributed by atoms with E-state index in [0.29, 0.717) is 39.7 Å². The number of fused-ring (bicyclic) bond motifs is 1. The molecule has 0 aliphatic carbocycles. The number of benzene rings is 2. The highest BCUT2D eigenvalue weighted by molar-refractivity contribution is 6.42. The molecule has 1 aliphatic heterocycles. The number of anilines is 2. The minimum absolute atomic E-state index is 0.169. The molecule has 8 heteroatoms. The average molecular weight is 433 g/mol. The smallest absolute Gasteiger partial charge is 0.222 e. The Morgan fingerprint density at radius 1 is 1.03 bits per heavy atom. The normalized spacial score (nSPS) is 19.4. The Bertz CT molecular complexity index is 1020. The Labute approximate surface area is 179 Å². The number of nitrogen functional groups attached to an aromatic ring is 2. The summed E-state index contributed by atoms with van der Waals surface area (Å²) in [6, 6.07) is 11.5. The van der Waals surface area contributed by atoms with Crippen LogP contribution < -0.4 is 21.1 Å². The van der Waals surface area contributed by atoms with E-state index in [9.17, 15) is 0 Å². The van der Waals surface area contributed by atoms with Crippen LogP contribution >= 0.6 is 23.2 Å². The fourth-order valence-corrected chi connectivity index (χ4v) is 4.30. The summed E-state index contributed by atoms with van der Waals surface area (Å²) in [5, 5.41) is 2.01. The van der Waals surface area contributed by atoms with E-state index < -0.39 is 0 Å². The molecule has 2 aromatic carbocycles. The van der Waals surface area contributed by atoms with E-state index in [-0.39, 0.29) is 5.95 Å². The summed E-state index contributed by atoms with van der Waals surface area (Å²) in [6.45, 7) is 3.70. The molecule has 0 amide bonds. The molecule has 1 fully saturated rings. The van der Waals surface area contributed by atoms with E-state index in [1.807, 2.05) is 30.3 Å². The van der Waals surface area contributed by atoms with E-state index in [2.05, 4.69) is 16.0 Å². The summed E-state index contributed by atoms with van der Waals surface area (Å²) < 4.78 is 6.12. The molecule has 1 aromatic heterocycles. The number of ether oxygens (including phenoxy) is 1. The summed E-state index contributed by atoms with van der Waals surface area (Å²) in [4.78, 5) is 9.82. The van der Waals surface area contributed by atoms with E-state index >= 15 is 0 Å². The van der Waals surface area contributed by atoms with Crippen LogP contribution in [-0.4, -0.2) is 29.7 Å². The van der Waals surface area contributed by atoms with Crippen LogP contribution in [0.15, 0.2) is 36.4 Å². The number of nitrogens with zero attached hydrogens (tertiary/aromatic N) is 2. The zero-order chi connectivity index (χ0) is 20.4. The maximum absolute atomic E-state index is 6.34. The van der Waals surface area contributed by atoms with Gasteiger partial charge in [-0.15, -0.1) is 0 Å². The number of hydrogen-bond acceptors (Lipinski definition) is 5. The van der Waals surface area contributed by atoms with Crippen LogP contribution in [0.4, 0.5) is 11.8 Å². The van der Waals surface area contributed by atoms with Gasteiger partial charge in [0.25, 0.3) is 0 Å². The second-order valence-electron chi connectivity index (χ2n) is 7.51. The maximum Gasteiger partial charge on any atom is 0.222 e. The van der Waals surface area contributed by atoms with Gasteiger partial charge in [-0.2, -0.15) is 4.98 Å². The number of nitrogens with two attached hydrogens (primary N) is 2. The molecule has 3 aromatic rings. The molecule has 1 saturated heterocycles. The molecule has 2 heterocycles. The van der Waals surface area contributed by atoms with Crippen LogP contribution in [0.3, 0.4) is 0 Å². The highest BCUT2D eigenvalue weighted by atomic mass is 35.5. The topological polar surface area (TPSA) is 91.5 Å². The molecule has 4 rings (SSSR count). The van der Waals surface area contributed by atoms with Crippen molar-refractivity contribution in [2.24, 2.45) is 5.92 Å². The number of rotatable bonds is 5. The van der Waals surface area contributed by atoms with Crippen LogP contribution in [0.2, 0.25) is 10.0 Å². The van der Waals surface area contributed by atoms with Crippen LogP contribution in [0.1, 0.15) is 18.4 Å². The van der Waals surface area contributed by atoms with Gasteiger partial charge in [-0.1, -0.05) is 41.4 Å². The fourth-order valence-electron chi connectivity index (χ4n) is 3.91. The number of nitrogens with one attached hydrogen (secondary N) is 1. The lowest BCUT2D eigenvalue weighted by molar-refractivity contribution is -0.919. The first-order valence-electron chi connectivity index (χ1n) is 9.72. The van der Waals surface area contributed by atoms with Crippen molar-refractivity contribution in [3.8, 4) is 5.75 Å². The van der Waals surface area contributed by atoms with Crippen LogP contribution in [-0.2, 0) is 6.54 Å². The molecule has 152 valence electrons. The lowest BCUT2D eigenvalue weighted by Gasteiger charge is -2.29. The van der Waals surface area contributed by atoms with Gasteiger partial charge in [0.15, 0.2) is 0 Å². The van der Waals surface area contributed by atoms with Gasteiger partial charge in [0.05, 0.1) is 40.6 Å². The van der Waals surface area contributed by atoms with E-state index in [4.69, 9.17) is 39.4 Å². The zero-order valence-electron chi connectivity index (χ0n) is 16.0. The number of likely N-dealkylation sites (tertiary alicyclic amines) is 1. The standard InChI is InChI=1S/C21H23Cl2N5O/c22-15-4-1-3-14(19(15)23)11-28-9-7-13(8-10-28)12-29-17-6-2-5-16-18(17)20(24)27-21(25)26-16/h1-6,13H,7-12H2,(H4,24,25,26,27)/p+1. The van der Waals surface area contributed by atoms with Crippen molar-refractivity contribution >= 4 is 45.9 Å².